The molecule has 0 heterocycles. The second kappa shape index (κ2) is 5.51. The van der Waals surface area contributed by atoms with Crippen LogP contribution in [0.5, 0.6) is 5.75 Å². The third-order valence-electron chi connectivity index (χ3n) is 2.81. The first-order valence-electron chi connectivity index (χ1n) is 5.29. The van der Waals surface area contributed by atoms with E-state index < -0.39 is 0 Å². The molecular weight excluding hydrogens is 204 g/mol. The van der Waals surface area contributed by atoms with Gasteiger partial charge in [-0.15, -0.1) is 0 Å². The molecule has 0 saturated heterocycles. The van der Waals surface area contributed by atoms with Crippen molar-refractivity contribution >= 4 is 5.91 Å². The van der Waals surface area contributed by atoms with Crippen LogP contribution in [0.15, 0.2) is 24.3 Å². The highest BCUT2D eigenvalue weighted by Gasteiger charge is 2.18. The Morgan fingerprint density at radius 2 is 2.00 bits per heavy atom. The van der Waals surface area contributed by atoms with Gasteiger partial charge in [0.25, 0.3) is 5.91 Å². The third kappa shape index (κ3) is 3.24. The van der Waals surface area contributed by atoms with Gasteiger partial charge in [0.2, 0.25) is 0 Å². The number of ether oxygens (including phenoxy) is 1. The summed E-state index contributed by atoms with van der Waals surface area (Å²) in [6, 6.07) is 7.64. The SMILES string of the molecule is COc1ccc(C[NH+](C)[C@H](C)C(N)=O)cc1. The van der Waals surface area contributed by atoms with Gasteiger partial charge in [-0.25, -0.2) is 0 Å². The summed E-state index contributed by atoms with van der Waals surface area (Å²) in [5.41, 5.74) is 6.42. The second-order valence-electron chi connectivity index (χ2n) is 4.00. The van der Waals surface area contributed by atoms with Crippen molar-refractivity contribution in [3.63, 3.8) is 0 Å². The largest absolute Gasteiger partial charge is 0.497 e. The van der Waals surface area contributed by atoms with Crippen molar-refractivity contribution < 1.29 is 14.4 Å². The molecule has 1 unspecified atom stereocenters. The lowest BCUT2D eigenvalue weighted by molar-refractivity contribution is -0.908. The van der Waals surface area contributed by atoms with Crippen LogP contribution in [0.1, 0.15) is 12.5 Å². The van der Waals surface area contributed by atoms with Gasteiger partial charge in [0.1, 0.15) is 12.3 Å². The van der Waals surface area contributed by atoms with E-state index >= 15 is 0 Å². The lowest BCUT2D eigenvalue weighted by Gasteiger charge is -2.19. The van der Waals surface area contributed by atoms with E-state index in [1.165, 1.54) is 0 Å². The van der Waals surface area contributed by atoms with E-state index in [9.17, 15) is 4.79 Å². The number of benzene rings is 1. The summed E-state index contributed by atoms with van der Waals surface area (Å²) in [7, 11) is 3.60. The van der Waals surface area contributed by atoms with Gasteiger partial charge in [-0.3, -0.25) is 4.79 Å². The van der Waals surface area contributed by atoms with E-state index in [0.717, 1.165) is 22.8 Å². The topological polar surface area (TPSA) is 56.8 Å². The van der Waals surface area contributed by atoms with E-state index in [-0.39, 0.29) is 11.9 Å². The Morgan fingerprint density at radius 1 is 1.44 bits per heavy atom. The summed E-state index contributed by atoms with van der Waals surface area (Å²) in [5.74, 6) is 0.565. The summed E-state index contributed by atoms with van der Waals surface area (Å²) in [5, 5.41) is 0. The average Bonchev–Trinajstić information content (AvgIpc) is 2.28. The van der Waals surface area contributed by atoms with E-state index in [2.05, 4.69) is 0 Å². The molecular formula is C12H19N2O2+. The Morgan fingerprint density at radius 3 is 2.44 bits per heavy atom. The number of carbonyl (C=O) groups excluding carboxylic acids is 1. The van der Waals surface area contributed by atoms with Crippen LogP contribution in [0, 0.1) is 0 Å². The van der Waals surface area contributed by atoms with Crippen LogP contribution in [0.4, 0.5) is 0 Å². The molecule has 16 heavy (non-hydrogen) atoms. The molecule has 1 amide bonds. The molecule has 1 rings (SSSR count). The number of likely N-dealkylation sites (N-methyl/N-ethyl adjacent to an activating group) is 1. The monoisotopic (exact) mass is 223 g/mol. The number of hydrogen-bond acceptors (Lipinski definition) is 2. The quantitative estimate of drug-likeness (QED) is 0.712. The number of amides is 1. The number of quaternary nitrogens is 1. The van der Waals surface area contributed by atoms with Crippen LogP contribution in [-0.4, -0.2) is 26.1 Å². The first kappa shape index (κ1) is 12.5. The molecule has 0 aliphatic carbocycles. The summed E-state index contributed by atoms with van der Waals surface area (Å²) in [6.07, 6.45) is 0. The molecule has 0 radical (unpaired) electrons. The van der Waals surface area contributed by atoms with Crippen molar-refractivity contribution in [3.05, 3.63) is 29.8 Å². The van der Waals surface area contributed by atoms with Crippen LogP contribution in [0.2, 0.25) is 0 Å². The minimum atomic E-state index is -0.272. The maximum absolute atomic E-state index is 11.0. The Kier molecular flexibility index (Phi) is 4.31. The number of primary amides is 1. The average molecular weight is 223 g/mol. The maximum atomic E-state index is 11.0. The van der Waals surface area contributed by atoms with Gasteiger partial charge in [0.15, 0.2) is 6.04 Å². The molecule has 2 atom stereocenters. The fourth-order valence-electron chi connectivity index (χ4n) is 1.46. The molecule has 0 bridgehead atoms. The Labute approximate surface area is 96.0 Å². The van der Waals surface area contributed by atoms with Gasteiger partial charge in [0.05, 0.1) is 14.2 Å². The molecule has 0 fully saturated rings. The van der Waals surface area contributed by atoms with Crippen molar-refractivity contribution in [1.29, 1.82) is 0 Å². The Hall–Kier alpha value is -1.55. The predicted octanol–water partition coefficient (Wildman–Crippen LogP) is -0.416. The highest BCUT2D eigenvalue weighted by Crippen LogP contribution is 2.10. The minimum absolute atomic E-state index is 0.179. The fraction of sp³-hybridized carbons (Fsp3) is 0.417. The van der Waals surface area contributed by atoms with E-state index in [1.54, 1.807) is 7.11 Å². The van der Waals surface area contributed by atoms with Gasteiger partial charge in [-0.05, 0) is 31.2 Å². The molecule has 0 spiro atoms. The number of rotatable bonds is 5. The highest BCUT2D eigenvalue weighted by atomic mass is 16.5. The maximum Gasteiger partial charge on any atom is 0.275 e. The molecule has 0 saturated carbocycles. The van der Waals surface area contributed by atoms with Gasteiger partial charge >= 0.3 is 0 Å². The minimum Gasteiger partial charge on any atom is -0.497 e. The number of hydrogen-bond donors (Lipinski definition) is 2. The van der Waals surface area contributed by atoms with Crippen molar-refractivity contribution in [2.45, 2.75) is 19.5 Å². The molecule has 3 N–H and O–H groups in total. The molecule has 1 aromatic rings. The highest BCUT2D eigenvalue weighted by molar-refractivity contribution is 5.77. The summed E-state index contributed by atoms with van der Waals surface area (Å²) < 4.78 is 5.08. The molecule has 0 aliphatic rings. The number of methoxy groups -OCH3 is 1. The van der Waals surface area contributed by atoms with E-state index in [0.29, 0.717) is 0 Å². The smallest absolute Gasteiger partial charge is 0.275 e. The molecule has 0 aromatic heterocycles. The Bertz CT molecular complexity index is 349. The first-order chi connectivity index (χ1) is 7.54. The molecule has 4 nitrogen and oxygen atoms in total. The van der Waals surface area contributed by atoms with Gasteiger partial charge in [0, 0.05) is 5.56 Å². The van der Waals surface area contributed by atoms with Crippen LogP contribution in [0.25, 0.3) is 0 Å². The Balaban J connectivity index is 2.62. The van der Waals surface area contributed by atoms with Gasteiger partial charge in [-0.2, -0.15) is 0 Å². The van der Waals surface area contributed by atoms with Crippen molar-refractivity contribution in [1.82, 2.24) is 0 Å². The molecule has 88 valence electrons. The van der Waals surface area contributed by atoms with Crippen LogP contribution < -0.4 is 15.4 Å². The molecule has 0 aliphatic heterocycles. The van der Waals surface area contributed by atoms with Crippen LogP contribution in [-0.2, 0) is 11.3 Å². The summed E-state index contributed by atoms with van der Waals surface area (Å²) in [4.78, 5) is 12.1. The van der Waals surface area contributed by atoms with Crippen LogP contribution >= 0.6 is 0 Å². The zero-order valence-electron chi connectivity index (χ0n) is 9.99. The molecule has 4 heteroatoms. The van der Waals surface area contributed by atoms with E-state index in [4.69, 9.17) is 10.5 Å². The van der Waals surface area contributed by atoms with Crippen molar-refractivity contribution in [3.8, 4) is 5.75 Å². The fourth-order valence-corrected chi connectivity index (χ4v) is 1.46. The van der Waals surface area contributed by atoms with Gasteiger partial charge in [-0.1, -0.05) is 0 Å². The standard InChI is InChI=1S/C12H18N2O2/c1-9(12(13)15)14(2)8-10-4-6-11(16-3)7-5-10/h4-7,9H,8H2,1-3H3,(H2,13,15)/p+1/t9-/m1/s1. The summed E-state index contributed by atoms with van der Waals surface area (Å²) >= 11 is 0. The number of nitrogens with one attached hydrogen (secondary N) is 1. The predicted molar refractivity (Wildman–Crippen MR) is 62.2 cm³/mol. The number of nitrogens with two attached hydrogens (primary N) is 1. The zero-order chi connectivity index (χ0) is 12.1. The summed E-state index contributed by atoms with van der Waals surface area (Å²) in [6.45, 7) is 2.61. The second-order valence-corrected chi connectivity index (χ2v) is 4.00. The number of carbonyl (C=O) groups is 1. The lowest BCUT2D eigenvalue weighted by atomic mass is 10.2. The van der Waals surface area contributed by atoms with E-state index in [1.807, 2.05) is 38.2 Å². The van der Waals surface area contributed by atoms with Crippen molar-refractivity contribution in [2.75, 3.05) is 14.2 Å². The van der Waals surface area contributed by atoms with Crippen LogP contribution in [0.3, 0.4) is 0 Å². The first-order valence-corrected chi connectivity index (χ1v) is 5.29. The zero-order valence-corrected chi connectivity index (χ0v) is 9.99. The van der Waals surface area contributed by atoms with Gasteiger partial charge < -0.3 is 15.4 Å². The third-order valence-corrected chi connectivity index (χ3v) is 2.81. The van der Waals surface area contributed by atoms with Crippen molar-refractivity contribution in [2.24, 2.45) is 5.73 Å². The molecule has 1 aromatic carbocycles. The normalized spacial score (nSPS) is 14.2. The lowest BCUT2D eigenvalue weighted by Crippen LogP contribution is -3.12.